The first-order valence-electron chi connectivity index (χ1n) is 6.31. The molecule has 0 saturated heterocycles. The summed E-state index contributed by atoms with van der Waals surface area (Å²) in [5.74, 6) is 0.152. The molecular formula is C14H15ClN2O3S. The number of hydrogen-bond acceptors (Lipinski definition) is 5. The van der Waals surface area contributed by atoms with E-state index in [-0.39, 0.29) is 5.91 Å². The topological polar surface area (TPSA) is 60.5 Å². The molecule has 0 atom stereocenters. The van der Waals surface area contributed by atoms with Gasteiger partial charge in [0, 0.05) is 12.5 Å². The highest BCUT2D eigenvalue weighted by atomic mass is 35.5. The molecular weight excluding hydrogens is 312 g/mol. The number of benzene rings is 1. The Labute approximate surface area is 131 Å². The zero-order chi connectivity index (χ0) is 15.2. The van der Waals surface area contributed by atoms with Crippen molar-refractivity contribution in [1.29, 1.82) is 0 Å². The summed E-state index contributed by atoms with van der Waals surface area (Å²) in [6, 6.07) is 5.19. The Morgan fingerprint density at radius 2 is 2.29 bits per heavy atom. The molecule has 1 heterocycles. The van der Waals surface area contributed by atoms with Crippen molar-refractivity contribution in [3.63, 3.8) is 0 Å². The quantitative estimate of drug-likeness (QED) is 0.881. The number of nitrogens with one attached hydrogen (secondary N) is 1. The molecule has 5 nitrogen and oxygen atoms in total. The molecule has 0 aliphatic carbocycles. The standard InChI is InChI=1S/C14H15ClN2O3S/c1-3-20-13-9(15)5-4-6-10(13)17-14(18)11-8-21-12(16-11)7-19-2/h4-6,8H,3,7H2,1-2H3,(H,17,18). The average Bonchev–Trinajstić information content (AvgIpc) is 2.92. The van der Waals surface area contributed by atoms with Crippen LogP contribution in [-0.2, 0) is 11.3 Å². The molecule has 0 saturated carbocycles. The number of para-hydroxylation sites is 1. The largest absolute Gasteiger partial charge is 0.490 e. The molecule has 0 unspecified atom stereocenters. The third-order valence-electron chi connectivity index (χ3n) is 2.56. The van der Waals surface area contributed by atoms with Gasteiger partial charge in [-0.05, 0) is 19.1 Å². The summed E-state index contributed by atoms with van der Waals surface area (Å²) >= 11 is 7.45. The number of nitrogens with zero attached hydrogens (tertiary/aromatic N) is 1. The molecule has 1 aromatic heterocycles. The van der Waals surface area contributed by atoms with Crippen LogP contribution in [0, 0.1) is 0 Å². The first-order chi connectivity index (χ1) is 10.2. The Morgan fingerprint density at radius 1 is 1.48 bits per heavy atom. The molecule has 112 valence electrons. The number of halogens is 1. The first kappa shape index (κ1) is 15.8. The highest BCUT2D eigenvalue weighted by Gasteiger charge is 2.15. The van der Waals surface area contributed by atoms with Gasteiger partial charge in [0.15, 0.2) is 5.75 Å². The molecule has 1 aromatic carbocycles. The van der Waals surface area contributed by atoms with Crippen molar-refractivity contribution in [3.05, 3.63) is 39.3 Å². The second-order valence-electron chi connectivity index (χ2n) is 4.06. The van der Waals surface area contributed by atoms with Gasteiger partial charge in [0.1, 0.15) is 10.7 Å². The zero-order valence-corrected chi connectivity index (χ0v) is 13.3. The van der Waals surface area contributed by atoms with Crippen LogP contribution in [0.4, 0.5) is 5.69 Å². The third kappa shape index (κ3) is 3.93. The smallest absolute Gasteiger partial charge is 0.275 e. The Balaban J connectivity index is 2.17. The lowest BCUT2D eigenvalue weighted by Gasteiger charge is -2.12. The number of ether oxygens (including phenoxy) is 2. The van der Waals surface area contributed by atoms with E-state index in [0.717, 1.165) is 5.01 Å². The number of aromatic nitrogens is 1. The van der Waals surface area contributed by atoms with Gasteiger partial charge in [-0.15, -0.1) is 11.3 Å². The summed E-state index contributed by atoms with van der Waals surface area (Å²) in [4.78, 5) is 16.4. The molecule has 0 aliphatic heterocycles. The number of anilines is 1. The molecule has 0 fully saturated rings. The number of amides is 1. The van der Waals surface area contributed by atoms with Crippen LogP contribution in [-0.4, -0.2) is 24.6 Å². The third-order valence-corrected chi connectivity index (χ3v) is 3.68. The average molecular weight is 327 g/mol. The molecule has 0 bridgehead atoms. The summed E-state index contributed by atoms with van der Waals surface area (Å²) in [6.45, 7) is 2.70. The lowest BCUT2D eigenvalue weighted by atomic mass is 10.3. The van der Waals surface area contributed by atoms with Crippen molar-refractivity contribution >= 4 is 34.5 Å². The van der Waals surface area contributed by atoms with Gasteiger partial charge in [-0.2, -0.15) is 0 Å². The highest BCUT2D eigenvalue weighted by Crippen LogP contribution is 2.33. The molecule has 0 aliphatic rings. The molecule has 2 aromatic rings. The fourth-order valence-electron chi connectivity index (χ4n) is 1.69. The fourth-order valence-corrected chi connectivity index (χ4v) is 2.66. The van der Waals surface area contributed by atoms with Crippen molar-refractivity contribution in [3.8, 4) is 5.75 Å². The first-order valence-corrected chi connectivity index (χ1v) is 7.57. The summed E-state index contributed by atoms with van der Waals surface area (Å²) in [7, 11) is 1.58. The Bertz CT molecular complexity index is 630. The highest BCUT2D eigenvalue weighted by molar-refractivity contribution is 7.09. The maximum atomic E-state index is 12.2. The molecule has 1 amide bonds. The van der Waals surface area contributed by atoms with E-state index >= 15 is 0 Å². The van der Waals surface area contributed by atoms with E-state index in [4.69, 9.17) is 21.1 Å². The van der Waals surface area contributed by atoms with Gasteiger partial charge >= 0.3 is 0 Å². The van der Waals surface area contributed by atoms with E-state index in [9.17, 15) is 4.79 Å². The maximum Gasteiger partial charge on any atom is 0.275 e. The van der Waals surface area contributed by atoms with E-state index < -0.39 is 0 Å². The van der Waals surface area contributed by atoms with Crippen LogP contribution < -0.4 is 10.1 Å². The summed E-state index contributed by atoms with van der Waals surface area (Å²) in [5.41, 5.74) is 0.866. The predicted molar refractivity (Wildman–Crippen MR) is 83.4 cm³/mol. The minimum atomic E-state index is -0.308. The van der Waals surface area contributed by atoms with Crippen LogP contribution in [0.1, 0.15) is 22.4 Å². The van der Waals surface area contributed by atoms with E-state index in [1.807, 2.05) is 6.92 Å². The van der Waals surface area contributed by atoms with Crippen LogP contribution in [0.15, 0.2) is 23.6 Å². The lowest BCUT2D eigenvalue weighted by molar-refractivity contribution is 0.102. The zero-order valence-electron chi connectivity index (χ0n) is 11.7. The minimum Gasteiger partial charge on any atom is -0.490 e. The molecule has 1 N–H and O–H groups in total. The Kier molecular flexibility index (Phi) is 5.55. The SMILES string of the molecule is CCOc1c(Cl)cccc1NC(=O)c1csc(COC)n1. The Morgan fingerprint density at radius 3 is 3.00 bits per heavy atom. The second-order valence-corrected chi connectivity index (χ2v) is 5.41. The van der Waals surface area contributed by atoms with Crippen LogP contribution >= 0.6 is 22.9 Å². The van der Waals surface area contributed by atoms with Crippen molar-refractivity contribution in [2.24, 2.45) is 0 Å². The van der Waals surface area contributed by atoms with Gasteiger partial charge in [-0.3, -0.25) is 4.79 Å². The van der Waals surface area contributed by atoms with Crippen molar-refractivity contribution < 1.29 is 14.3 Å². The van der Waals surface area contributed by atoms with Gasteiger partial charge in [-0.25, -0.2) is 4.98 Å². The summed E-state index contributed by atoms with van der Waals surface area (Å²) in [5, 5.41) is 5.65. The van der Waals surface area contributed by atoms with Crippen LogP contribution in [0.25, 0.3) is 0 Å². The van der Waals surface area contributed by atoms with E-state index in [2.05, 4.69) is 10.3 Å². The van der Waals surface area contributed by atoms with Gasteiger partial charge in [-0.1, -0.05) is 17.7 Å². The van der Waals surface area contributed by atoms with Crippen LogP contribution in [0.2, 0.25) is 5.02 Å². The number of carbonyl (C=O) groups is 1. The molecule has 0 spiro atoms. The Hall–Kier alpha value is -1.63. The van der Waals surface area contributed by atoms with Gasteiger partial charge in [0.25, 0.3) is 5.91 Å². The van der Waals surface area contributed by atoms with Crippen molar-refractivity contribution in [2.75, 3.05) is 19.0 Å². The number of carbonyl (C=O) groups excluding carboxylic acids is 1. The normalized spacial score (nSPS) is 10.4. The summed E-state index contributed by atoms with van der Waals surface area (Å²) < 4.78 is 10.4. The fraction of sp³-hybridized carbons (Fsp3) is 0.286. The summed E-state index contributed by atoms with van der Waals surface area (Å²) in [6.07, 6.45) is 0. The number of methoxy groups -OCH3 is 1. The van der Waals surface area contributed by atoms with Gasteiger partial charge in [0.2, 0.25) is 0 Å². The monoisotopic (exact) mass is 326 g/mol. The minimum absolute atomic E-state index is 0.308. The van der Waals surface area contributed by atoms with E-state index in [0.29, 0.717) is 35.4 Å². The van der Waals surface area contributed by atoms with E-state index in [1.165, 1.54) is 11.3 Å². The van der Waals surface area contributed by atoms with Gasteiger partial charge < -0.3 is 14.8 Å². The number of rotatable bonds is 6. The molecule has 2 rings (SSSR count). The predicted octanol–water partition coefficient (Wildman–Crippen LogP) is 3.59. The van der Waals surface area contributed by atoms with Crippen molar-refractivity contribution in [1.82, 2.24) is 4.98 Å². The van der Waals surface area contributed by atoms with Crippen LogP contribution in [0.5, 0.6) is 5.75 Å². The number of thiazole rings is 1. The van der Waals surface area contributed by atoms with E-state index in [1.54, 1.807) is 30.7 Å². The lowest BCUT2D eigenvalue weighted by Crippen LogP contribution is -2.13. The van der Waals surface area contributed by atoms with Crippen LogP contribution in [0.3, 0.4) is 0 Å². The second kappa shape index (κ2) is 7.40. The maximum absolute atomic E-state index is 12.2. The molecule has 7 heteroatoms. The molecule has 21 heavy (non-hydrogen) atoms. The van der Waals surface area contributed by atoms with Gasteiger partial charge in [0.05, 0.1) is 23.9 Å². The molecule has 0 radical (unpaired) electrons. The number of hydrogen-bond donors (Lipinski definition) is 1. The van der Waals surface area contributed by atoms with Crippen molar-refractivity contribution in [2.45, 2.75) is 13.5 Å².